The van der Waals surface area contributed by atoms with E-state index in [0.29, 0.717) is 11.5 Å². The number of nitro groups is 1. The van der Waals surface area contributed by atoms with Crippen LogP contribution in [0.25, 0.3) is 11.0 Å². The van der Waals surface area contributed by atoms with Gasteiger partial charge in [-0.2, -0.15) is 4.84 Å². The van der Waals surface area contributed by atoms with E-state index in [1.54, 1.807) is 37.7 Å². The van der Waals surface area contributed by atoms with Crippen molar-refractivity contribution >= 4 is 22.7 Å². The summed E-state index contributed by atoms with van der Waals surface area (Å²) in [5, 5.41) is 26.1. The minimum absolute atomic E-state index is 0.0565. The Morgan fingerprint density at radius 3 is 2.62 bits per heavy atom. The molecule has 1 heterocycles. The molecule has 0 amide bonds. The Labute approximate surface area is 119 Å². The molecule has 10 nitrogen and oxygen atoms in total. The highest BCUT2D eigenvalue weighted by atomic mass is 16.7. The van der Waals surface area contributed by atoms with Crippen molar-refractivity contribution in [3.8, 4) is 0 Å². The van der Waals surface area contributed by atoms with Gasteiger partial charge in [0.15, 0.2) is 0 Å². The summed E-state index contributed by atoms with van der Waals surface area (Å²) in [7, 11) is 7.10. The predicted molar refractivity (Wildman–Crippen MR) is 72.7 cm³/mol. The van der Waals surface area contributed by atoms with Gasteiger partial charge in [-0.1, -0.05) is 0 Å². The fraction of sp³-hybridized carbons (Fsp3) is 0.364. The van der Waals surface area contributed by atoms with Gasteiger partial charge in [0.25, 0.3) is 5.69 Å². The van der Waals surface area contributed by atoms with Gasteiger partial charge in [-0.25, -0.2) is 9.48 Å². The number of non-ortho nitro benzene ring substituents is 1. The topological polar surface area (TPSA) is 103 Å². The minimum atomic E-state index is -0.575. The first-order chi connectivity index (χ1) is 9.81. The van der Waals surface area contributed by atoms with E-state index in [1.165, 1.54) is 12.1 Å². The Hall–Kier alpha value is -2.91. The summed E-state index contributed by atoms with van der Waals surface area (Å²) in [5.41, 5.74) is 0.203. The molecule has 0 saturated carbocycles. The van der Waals surface area contributed by atoms with Gasteiger partial charge in [0.2, 0.25) is 11.0 Å². The van der Waals surface area contributed by atoms with Gasteiger partial charge >= 0.3 is 6.02 Å². The van der Waals surface area contributed by atoms with Gasteiger partial charge in [-0.05, 0) is 0 Å². The Balaban J connectivity index is 2.52. The molecule has 0 aliphatic rings. The smallest absolute Gasteiger partial charge is 0.491 e. The van der Waals surface area contributed by atoms with Crippen LogP contribution in [0.4, 0.5) is 5.69 Å². The molecule has 0 radical (unpaired) electrons. The van der Waals surface area contributed by atoms with E-state index >= 15 is 0 Å². The maximum absolute atomic E-state index is 11.7. The number of benzene rings is 1. The van der Waals surface area contributed by atoms with Crippen LogP contribution in [0.2, 0.25) is 0 Å². The predicted octanol–water partition coefficient (Wildman–Crippen LogP) is -0.804. The largest absolute Gasteiger partial charge is 0.691 e. The molecule has 10 heteroatoms. The number of nitro benzene ring substituents is 1. The number of aromatic nitrogens is 3. The molecule has 0 unspecified atom stereocenters. The van der Waals surface area contributed by atoms with E-state index in [0.717, 1.165) is 10.9 Å². The molecule has 0 saturated heterocycles. The summed E-state index contributed by atoms with van der Waals surface area (Å²) in [4.78, 5) is 18.7. The first-order valence-electron chi connectivity index (χ1n) is 5.98. The quantitative estimate of drug-likeness (QED) is 0.179. The standard InChI is InChI=1S/C11H15N6O4/c1-13(2)11(14(3)4)21-16-9-6-5-8(17(19)20)7-10(9)15(18)12-16/h5-7H,1-4H3/q+1. The second-order valence-electron chi connectivity index (χ2n) is 4.73. The van der Waals surface area contributed by atoms with Crippen molar-refractivity contribution in [1.29, 1.82) is 0 Å². The SMILES string of the molecule is CN(C)C(On1n[n+]([O-])c2cc([N+](=O)[O-])ccc21)=[N+](C)C. The zero-order chi connectivity index (χ0) is 15.7. The van der Waals surface area contributed by atoms with Crippen LogP contribution < -0.4 is 9.68 Å². The van der Waals surface area contributed by atoms with Gasteiger partial charge in [-0.15, -0.1) is 4.85 Å². The highest BCUT2D eigenvalue weighted by Crippen LogP contribution is 2.17. The van der Waals surface area contributed by atoms with Crippen molar-refractivity contribution in [2.24, 2.45) is 0 Å². The number of hydrogen-bond donors (Lipinski definition) is 0. The van der Waals surface area contributed by atoms with E-state index in [4.69, 9.17) is 4.84 Å². The van der Waals surface area contributed by atoms with Crippen molar-refractivity contribution < 1.29 is 19.2 Å². The van der Waals surface area contributed by atoms with Gasteiger partial charge < -0.3 is 5.21 Å². The third-order valence-corrected chi connectivity index (χ3v) is 2.68. The van der Waals surface area contributed by atoms with Crippen LogP contribution in [0.3, 0.4) is 0 Å². The van der Waals surface area contributed by atoms with E-state index < -0.39 is 4.92 Å². The van der Waals surface area contributed by atoms with Crippen LogP contribution in [0.15, 0.2) is 18.2 Å². The third-order valence-electron chi connectivity index (χ3n) is 2.68. The number of nitrogens with zero attached hydrogens (tertiary/aromatic N) is 6. The van der Waals surface area contributed by atoms with E-state index in [-0.39, 0.29) is 16.0 Å². The average molecular weight is 295 g/mol. The molecule has 2 aromatic rings. The van der Waals surface area contributed by atoms with Crippen molar-refractivity contribution in [3.63, 3.8) is 0 Å². The van der Waals surface area contributed by atoms with Crippen LogP contribution in [-0.2, 0) is 0 Å². The van der Waals surface area contributed by atoms with E-state index in [2.05, 4.69) is 5.21 Å². The Morgan fingerprint density at radius 2 is 2.10 bits per heavy atom. The molecule has 1 aromatic heterocycles. The molecule has 112 valence electrons. The van der Waals surface area contributed by atoms with Crippen LogP contribution >= 0.6 is 0 Å². The molecule has 0 atom stereocenters. The van der Waals surface area contributed by atoms with Gasteiger partial charge in [0.1, 0.15) is 5.21 Å². The Kier molecular flexibility index (Phi) is 3.61. The number of fused-ring (bicyclic) bond motifs is 1. The molecular weight excluding hydrogens is 280 g/mol. The first-order valence-corrected chi connectivity index (χ1v) is 5.98. The molecule has 0 aliphatic heterocycles. The molecular formula is C11H15N6O4+. The summed E-state index contributed by atoms with van der Waals surface area (Å²) in [5.74, 6) is 0. The Bertz CT molecular complexity index is 732. The highest BCUT2D eigenvalue weighted by Gasteiger charge is 2.25. The Morgan fingerprint density at radius 1 is 1.43 bits per heavy atom. The third kappa shape index (κ3) is 2.68. The molecule has 1 aromatic carbocycles. The lowest BCUT2D eigenvalue weighted by atomic mass is 10.3. The summed E-state index contributed by atoms with van der Waals surface area (Å²) < 4.78 is 1.70. The van der Waals surface area contributed by atoms with E-state index in [9.17, 15) is 15.3 Å². The fourth-order valence-electron chi connectivity index (χ4n) is 1.82. The lowest BCUT2D eigenvalue weighted by Gasteiger charge is -2.06. The van der Waals surface area contributed by atoms with Gasteiger partial charge in [0, 0.05) is 12.1 Å². The van der Waals surface area contributed by atoms with Crippen molar-refractivity contribution in [2.45, 2.75) is 0 Å². The van der Waals surface area contributed by atoms with Crippen LogP contribution in [-0.4, -0.2) is 58.7 Å². The number of rotatable bonds is 2. The summed E-state index contributed by atoms with van der Waals surface area (Å²) in [6.07, 6.45) is 0. The maximum Gasteiger partial charge on any atom is 0.491 e. The maximum atomic E-state index is 11.7. The first kappa shape index (κ1) is 14.5. The molecule has 2 rings (SSSR count). The molecule has 21 heavy (non-hydrogen) atoms. The van der Waals surface area contributed by atoms with Crippen molar-refractivity contribution in [1.82, 2.24) is 15.0 Å². The summed E-state index contributed by atoms with van der Waals surface area (Å²) in [6, 6.07) is 4.30. The van der Waals surface area contributed by atoms with Crippen molar-refractivity contribution in [3.05, 3.63) is 33.5 Å². The minimum Gasteiger partial charge on any atom is -0.691 e. The van der Waals surface area contributed by atoms with Gasteiger partial charge in [-0.3, -0.25) is 10.1 Å². The average Bonchev–Trinajstić information content (AvgIpc) is 2.71. The zero-order valence-electron chi connectivity index (χ0n) is 12.0. The molecule has 0 bridgehead atoms. The molecule has 0 N–H and O–H groups in total. The summed E-state index contributed by atoms with van der Waals surface area (Å²) >= 11 is 0. The van der Waals surface area contributed by atoms with Crippen LogP contribution in [0.5, 0.6) is 0 Å². The molecule has 0 spiro atoms. The zero-order valence-corrected chi connectivity index (χ0v) is 12.0. The monoisotopic (exact) mass is 295 g/mol. The van der Waals surface area contributed by atoms with Crippen molar-refractivity contribution in [2.75, 3.05) is 28.2 Å². The van der Waals surface area contributed by atoms with Crippen LogP contribution in [0, 0.1) is 15.3 Å². The second kappa shape index (κ2) is 5.23. The lowest BCUT2D eigenvalue weighted by molar-refractivity contribution is -0.649. The fourth-order valence-corrected chi connectivity index (χ4v) is 1.82. The number of amidine groups is 1. The molecule has 0 aliphatic carbocycles. The second-order valence-corrected chi connectivity index (χ2v) is 4.73. The number of hydrogen-bond acceptors (Lipinski definition) is 5. The summed E-state index contributed by atoms with van der Waals surface area (Å²) in [6.45, 7) is 0. The highest BCUT2D eigenvalue weighted by molar-refractivity contribution is 5.75. The lowest BCUT2D eigenvalue weighted by Crippen LogP contribution is -2.40. The normalized spacial score (nSPS) is 10.5. The van der Waals surface area contributed by atoms with Crippen LogP contribution in [0.1, 0.15) is 0 Å². The molecule has 0 fully saturated rings. The van der Waals surface area contributed by atoms with Gasteiger partial charge in [0.05, 0.1) is 44.0 Å². The van der Waals surface area contributed by atoms with E-state index in [1.807, 2.05) is 0 Å².